The van der Waals surface area contributed by atoms with Gasteiger partial charge in [-0.3, -0.25) is 4.79 Å². The average Bonchev–Trinajstić information content (AvgIpc) is 2.41. The second-order valence-electron chi connectivity index (χ2n) is 4.23. The predicted octanol–water partition coefficient (Wildman–Crippen LogP) is 4.05. The van der Waals surface area contributed by atoms with Crippen LogP contribution in [0.1, 0.15) is 5.56 Å². The number of aromatic nitrogens is 1. The van der Waals surface area contributed by atoms with Gasteiger partial charge in [-0.25, -0.2) is 13.8 Å². The van der Waals surface area contributed by atoms with Crippen LogP contribution >= 0.6 is 23.4 Å². The number of carbonyl (C=O) groups is 1. The van der Waals surface area contributed by atoms with Crippen molar-refractivity contribution in [3.05, 3.63) is 52.8 Å². The van der Waals surface area contributed by atoms with Gasteiger partial charge in [0.15, 0.2) is 0 Å². The number of nitrogens with one attached hydrogen (secondary N) is 1. The fourth-order valence-corrected chi connectivity index (χ4v) is 2.51. The highest BCUT2D eigenvalue weighted by atomic mass is 35.5. The zero-order chi connectivity index (χ0) is 15.4. The van der Waals surface area contributed by atoms with E-state index in [-0.39, 0.29) is 16.6 Å². The van der Waals surface area contributed by atoms with Crippen molar-refractivity contribution in [3.8, 4) is 0 Å². The molecule has 2 rings (SSSR count). The van der Waals surface area contributed by atoms with Crippen molar-refractivity contribution in [2.75, 3.05) is 11.1 Å². The number of benzene rings is 1. The molecule has 0 radical (unpaired) electrons. The van der Waals surface area contributed by atoms with E-state index in [4.69, 9.17) is 11.6 Å². The summed E-state index contributed by atoms with van der Waals surface area (Å²) in [4.78, 5) is 15.9. The first-order chi connectivity index (χ1) is 9.95. The molecule has 1 aromatic heterocycles. The molecule has 2 aromatic rings. The van der Waals surface area contributed by atoms with Crippen LogP contribution in [0.2, 0.25) is 5.15 Å². The van der Waals surface area contributed by atoms with Gasteiger partial charge in [0.1, 0.15) is 16.8 Å². The van der Waals surface area contributed by atoms with E-state index in [9.17, 15) is 13.6 Å². The lowest BCUT2D eigenvalue weighted by molar-refractivity contribution is -0.113. The van der Waals surface area contributed by atoms with Gasteiger partial charge in [-0.1, -0.05) is 11.6 Å². The van der Waals surface area contributed by atoms with Gasteiger partial charge in [-0.15, -0.1) is 11.8 Å². The lowest BCUT2D eigenvalue weighted by Gasteiger charge is -2.08. The molecule has 0 aliphatic carbocycles. The molecule has 1 heterocycles. The minimum atomic E-state index is -0.683. The van der Waals surface area contributed by atoms with Gasteiger partial charge >= 0.3 is 0 Å². The van der Waals surface area contributed by atoms with Crippen LogP contribution in [-0.2, 0) is 4.79 Å². The van der Waals surface area contributed by atoms with Crippen LogP contribution in [0.3, 0.4) is 0 Å². The fraction of sp³-hybridized carbons (Fsp3) is 0.143. The lowest BCUT2D eigenvalue weighted by Crippen LogP contribution is -2.15. The second kappa shape index (κ2) is 6.87. The number of halogens is 3. The van der Waals surface area contributed by atoms with Crippen LogP contribution in [0.5, 0.6) is 0 Å². The van der Waals surface area contributed by atoms with Crippen LogP contribution in [0, 0.1) is 18.6 Å². The van der Waals surface area contributed by atoms with Gasteiger partial charge in [0, 0.05) is 11.0 Å². The molecule has 0 saturated heterocycles. The molecule has 1 N–H and O–H groups in total. The quantitative estimate of drug-likeness (QED) is 0.680. The molecule has 0 bridgehead atoms. The Morgan fingerprint density at radius 1 is 1.38 bits per heavy atom. The molecule has 0 spiro atoms. The highest BCUT2D eigenvalue weighted by molar-refractivity contribution is 8.00. The van der Waals surface area contributed by atoms with Crippen molar-refractivity contribution in [2.45, 2.75) is 11.8 Å². The molecular weight excluding hydrogens is 318 g/mol. The summed E-state index contributed by atoms with van der Waals surface area (Å²) in [6.45, 7) is 1.79. The van der Waals surface area contributed by atoms with Crippen LogP contribution in [0.15, 0.2) is 35.4 Å². The predicted molar refractivity (Wildman–Crippen MR) is 79.7 cm³/mol. The maximum Gasteiger partial charge on any atom is 0.234 e. The first-order valence-electron chi connectivity index (χ1n) is 5.95. The van der Waals surface area contributed by atoms with Crippen molar-refractivity contribution in [1.29, 1.82) is 0 Å². The summed E-state index contributed by atoms with van der Waals surface area (Å²) in [5, 5.41) is 3.00. The Kier molecular flexibility index (Phi) is 5.14. The molecule has 0 aliphatic rings. The molecule has 0 fully saturated rings. The van der Waals surface area contributed by atoms with Crippen molar-refractivity contribution < 1.29 is 13.6 Å². The van der Waals surface area contributed by atoms with Crippen LogP contribution in [0.25, 0.3) is 0 Å². The Bertz CT molecular complexity index is 682. The van der Waals surface area contributed by atoms with E-state index in [0.29, 0.717) is 10.8 Å². The molecule has 21 heavy (non-hydrogen) atoms. The molecule has 1 aromatic carbocycles. The summed E-state index contributed by atoms with van der Waals surface area (Å²) in [5.74, 6) is -1.64. The average molecular weight is 329 g/mol. The van der Waals surface area contributed by atoms with E-state index < -0.39 is 11.6 Å². The van der Waals surface area contributed by atoms with Gasteiger partial charge in [0.25, 0.3) is 0 Å². The van der Waals surface area contributed by atoms with Gasteiger partial charge in [-0.05, 0) is 30.7 Å². The van der Waals surface area contributed by atoms with E-state index in [2.05, 4.69) is 10.3 Å². The number of rotatable bonds is 4. The standard InChI is InChI=1S/C14H11ClF2N2OS/c1-8-4-13(15)18-6-11(8)19-14(20)7-21-12-3-2-9(16)5-10(12)17/h2-6H,7H2,1H3,(H,19,20). The number of carbonyl (C=O) groups excluding carboxylic acids is 1. The van der Waals surface area contributed by atoms with E-state index in [0.717, 1.165) is 29.5 Å². The number of pyridine rings is 1. The number of hydrogen-bond acceptors (Lipinski definition) is 3. The Morgan fingerprint density at radius 2 is 2.14 bits per heavy atom. The highest BCUT2D eigenvalue weighted by Crippen LogP contribution is 2.23. The van der Waals surface area contributed by atoms with Crippen LogP contribution in [-0.4, -0.2) is 16.6 Å². The largest absolute Gasteiger partial charge is 0.324 e. The minimum Gasteiger partial charge on any atom is -0.324 e. The summed E-state index contributed by atoms with van der Waals surface area (Å²) < 4.78 is 26.2. The molecule has 110 valence electrons. The first kappa shape index (κ1) is 15.7. The fourth-order valence-electron chi connectivity index (χ4n) is 1.57. The Balaban J connectivity index is 1.96. The third-order valence-electron chi connectivity index (χ3n) is 2.60. The molecule has 7 heteroatoms. The maximum atomic E-state index is 13.4. The van der Waals surface area contributed by atoms with Gasteiger partial charge in [0.2, 0.25) is 5.91 Å². The lowest BCUT2D eigenvalue weighted by atomic mass is 10.2. The number of thioether (sulfide) groups is 1. The smallest absolute Gasteiger partial charge is 0.234 e. The van der Waals surface area contributed by atoms with E-state index >= 15 is 0 Å². The number of anilines is 1. The molecule has 3 nitrogen and oxygen atoms in total. The number of hydrogen-bond donors (Lipinski definition) is 1. The van der Waals surface area contributed by atoms with Gasteiger partial charge in [0.05, 0.1) is 17.6 Å². The molecular formula is C14H11ClF2N2OS. The third kappa shape index (κ3) is 4.41. The maximum absolute atomic E-state index is 13.4. The topological polar surface area (TPSA) is 42.0 Å². The summed E-state index contributed by atoms with van der Waals surface area (Å²) in [7, 11) is 0. The number of nitrogens with zero attached hydrogens (tertiary/aromatic N) is 1. The molecule has 0 unspecified atom stereocenters. The van der Waals surface area contributed by atoms with E-state index in [1.54, 1.807) is 13.0 Å². The number of aryl methyl sites for hydroxylation is 1. The van der Waals surface area contributed by atoms with Gasteiger partial charge < -0.3 is 5.32 Å². The Labute approximate surface area is 129 Å². The zero-order valence-electron chi connectivity index (χ0n) is 11.0. The monoisotopic (exact) mass is 328 g/mol. The molecule has 0 aliphatic heterocycles. The Morgan fingerprint density at radius 3 is 2.81 bits per heavy atom. The first-order valence-corrected chi connectivity index (χ1v) is 7.32. The normalized spacial score (nSPS) is 10.5. The highest BCUT2D eigenvalue weighted by Gasteiger charge is 2.09. The third-order valence-corrected chi connectivity index (χ3v) is 3.86. The molecule has 0 saturated carbocycles. The van der Waals surface area contributed by atoms with Crippen molar-refractivity contribution in [3.63, 3.8) is 0 Å². The SMILES string of the molecule is Cc1cc(Cl)ncc1NC(=O)CSc1ccc(F)cc1F. The summed E-state index contributed by atoms with van der Waals surface area (Å²) in [6, 6.07) is 4.87. The van der Waals surface area contributed by atoms with Crippen molar-refractivity contribution in [1.82, 2.24) is 4.98 Å². The van der Waals surface area contributed by atoms with Gasteiger partial charge in [-0.2, -0.15) is 0 Å². The summed E-state index contributed by atoms with van der Waals surface area (Å²) >= 11 is 6.72. The molecule has 0 atom stereocenters. The summed E-state index contributed by atoms with van der Waals surface area (Å²) in [6.07, 6.45) is 1.46. The zero-order valence-corrected chi connectivity index (χ0v) is 12.6. The molecule has 1 amide bonds. The van der Waals surface area contributed by atoms with Crippen LogP contribution < -0.4 is 5.32 Å². The van der Waals surface area contributed by atoms with E-state index in [1.165, 1.54) is 12.3 Å². The minimum absolute atomic E-state index is 0.00458. The second-order valence-corrected chi connectivity index (χ2v) is 5.64. The Hall–Kier alpha value is -1.66. The van der Waals surface area contributed by atoms with Crippen molar-refractivity contribution >= 4 is 35.0 Å². The van der Waals surface area contributed by atoms with E-state index in [1.807, 2.05) is 0 Å². The van der Waals surface area contributed by atoms with Crippen LogP contribution in [0.4, 0.5) is 14.5 Å². The van der Waals surface area contributed by atoms with Crippen molar-refractivity contribution in [2.24, 2.45) is 0 Å². The summed E-state index contributed by atoms with van der Waals surface area (Å²) in [5.41, 5.74) is 1.32. The number of amides is 1.